The molecule has 29 heavy (non-hydrogen) atoms. The van der Waals surface area contributed by atoms with Gasteiger partial charge in [-0.1, -0.05) is 40.0 Å². The number of unbranched alkanes of at least 4 members (excludes halogenated alkanes) is 3. The molecule has 0 aromatic heterocycles. The number of nitrogens with two attached hydrogens (primary N) is 1. The first-order valence-electron chi connectivity index (χ1n) is 11.2. The highest BCUT2D eigenvalue weighted by Crippen LogP contribution is 2.11. The van der Waals surface area contributed by atoms with E-state index < -0.39 is 0 Å². The monoisotopic (exact) mass is 413 g/mol. The van der Waals surface area contributed by atoms with Gasteiger partial charge in [0.05, 0.1) is 13.0 Å². The third-order valence-electron chi connectivity index (χ3n) is 5.32. The highest BCUT2D eigenvalue weighted by molar-refractivity contribution is 5.78. The number of carbonyl (C=O) groups is 3. The molecule has 0 rings (SSSR count). The maximum atomic E-state index is 12.1. The van der Waals surface area contributed by atoms with Gasteiger partial charge >= 0.3 is 5.97 Å². The molecule has 170 valence electrons. The van der Waals surface area contributed by atoms with E-state index in [0.29, 0.717) is 19.6 Å². The summed E-state index contributed by atoms with van der Waals surface area (Å²) < 4.78 is 4.70. The van der Waals surface area contributed by atoms with Crippen molar-refractivity contribution in [3.05, 3.63) is 0 Å². The van der Waals surface area contributed by atoms with Crippen LogP contribution in [0.4, 0.5) is 0 Å². The SMILES string of the molecule is COC(=O)[C@@H](C)CCCCNC(=O)[C@@H](C)CCCCNC(=O)[C@@H](C)CCCCN. The van der Waals surface area contributed by atoms with Gasteiger partial charge in [0, 0.05) is 24.9 Å². The van der Waals surface area contributed by atoms with Crippen LogP contribution in [-0.2, 0) is 19.1 Å². The molecule has 0 aliphatic heterocycles. The van der Waals surface area contributed by atoms with Crippen molar-refractivity contribution < 1.29 is 19.1 Å². The van der Waals surface area contributed by atoms with Crippen molar-refractivity contribution in [2.75, 3.05) is 26.7 Å². The van der Waals surface area contributed by atoms with Crippen molar-refractivity contribution in [1.82, 2.24) is 10.6 Å². The quantitative estimate of drug-likeness (QED) is 0.251. The Morgan fingerprint density at radius 3 is 1.55 bits per heavy atom. The van der Waals surface area contributed by atoms with Crippen LogP contribution >= 0.6 is 0 Å². The van der Waals surface area contributed by atoms with Crippen LogP contribution in [0.25, 0.3) is 0 Å². The number of carbonyl (C=O) groups excluding carboxylic acids is 3. The van der Waals surface area contributed by atoms with Gasteiger partial charge in [-0.15, -0.1) is 0 Å². The fourth-order valence-electron chi connectivity index (χ4n) is 3.10. The molecule has 0 aliphatic carbocycles. The lowest BCUT2D eigenvalue weighted by atomic mass is 10.0. The van der Waals surface area contributed by atoms with E-state index in [4.69, 9.17) is 10.5 Å². The van der Waals surface area contributed by atoms with E-state index in [1.807, 2.05) is 20.8 Å². The van der Waals surface area contributed by atoms with E-state index in [1.54, 1.807) is 0 Å². The minimum atomic E-state index is -0.181. The maximum Gasteiger partial charge on any atom is 0.308 e. The molecule has 0 spiro atoms. The van der Waals surface area contributed by atoms with Crippen LogP contribution in [0.1, 0.15) is 78.6 Å². The summed E-state index contributed by atoms with van der Waals surface area (Å²) in [7, 11) is 1.40. The number of methoxy groups -OCH3 is 1. The fraction of sp³-hybridized carbons (Fsp3) is 0.864. The van der Waals surface area contributed by atoms with Crippen molar-refractivity contribution >= 4 is 17.8 Å². The van der Waals surface area contributed by atoms with E-state index >= 15 is 0 Å². The number of amides is 2. The first-order chi connectivity index (χ1) is 13.8. The second-order valence-electron chi connectivity index (χ2n) is 8.08. The fourth-order valence-corrected chi connectivity index (χ4v) is 3.10. The predicted octanol–water partition coefficient (Wildman–Crippen LogP) is 2.77. The Labute approximate surface area is 176 Å². The molecule has 0 aliphatic rings. The minimum Gasteiger partial charge on any atom is -0.469 e. The molecular weight excluding hydrogens is 370 g/mol. The van der Waals surface area contributed by atoms with Crippen LogP contribution in [-0.4, -0.2) is 44.5 Å². The molecule has 4 N–H and O–H groups in total. The highest BCUT2D eigenvalue weighted by atomic mass is 16.5. The third-order valence-corrected chi connectivity index (χ3v) is 5.32. The number of nitrogens with one attached hydrogen (secondary N) is 2. The van der Waals surface area contributed by atoms with Gasteiger partial charge in [-0.05, 0) is 45.1 Å². The molecule has 7 nitrogen and oxygen atoms in total. The van der Waals surface area contributed by atoms with Crippen LogP contribution in [0, 0.1) is 17.8 Å². The van der Waals surface area contributed by atoms with E-state index in [1.165, 1.54) is 7.11 Å². The molecule has 0 heterocycles. The van der Waals surface area contributed by atoms with Gasteiger partial charge in [-0.2, -0.15) is 0 Å². The molecule has 0 saturated heterocycles. The third kappa shape index (κ3) is 14.1. The van der Waals surface area contributed by atoms with Crippen LogP contribution in [0.3, 0.4) is 0 Å². The van der Waals surface area contributed by atoms with Crippen molar-refractivity contribution in [3.8, 4) is 0 Å². The molecule has 2 amide bonds. The lowest BCUT2D eigenvalue weighted by molar-refractivity contribution is -0.145. The number of hydrogen-bond acceptors (Lipinski definition) is 5. The molecule has 0 unspecified atom stereocenters. The smallest absolute Gasteiger partial charge is 0.308 e. The Kier molecular flexibility index (Phi) is 16.3. The molecule has 0 saturated carbocycles. The zero-order valence-corrected chi connectivity index (χ0v) is 18.9. The summed E-state index contributed by atoms with van der Waals surface area (Å²) in [5.74, 6) is -0.0985. The number of hydrogen-bond donors (Lipinski definition) is 3. The zero-order chi connectivity index (χ0) is 22.1. The van der Waals surface area contributed by atoms with E-state index in [-0.39, 0.29) is 35.5 Å². The van der Waals surface area contributed by atoms with Crippen LogP contribution in [0.2, 0.25) is 0 Å². The molecule has 0 bridgehead atoms. The molecule has 0 aromatic rings. The summed E-state index contributed by atoms with van der Waals surface area (Å²) in [5.41, 5.74) is 5.47. The van der Waals surface area contributed by atoms with Crippen molar-refractivity contribution in [1.29, 1.82) is 0 Å². The topological polar surface area (TPSA) is 111 Å². The van der Waals surface area contributed by atoms with Crippen molar-refractivity contribution in [2.45, 2.75) is 78.6 Å². The number of esters is 1. The number of ether oxygens (including phenoxy) is 1. The van der Waals surface area contributed by atoms with Gasteiger partial charge in [-0.25, -0.2) is 0 Å². The average molecular weight is 414 g/mol. The van der Waals surface area contributed by atoms with Crippen molar-refractivity contribution in [2.24, 2.45) is 23.5 Å². The summed E-state index contributed by atoms with van der Waals surface area (Å²) in [5, 5.41) is 5.94. The molecular formula is C22H43N3O4. The second kappa shape index (κ2) is 17.2. The van der Waals surface area contributed by atoms with Crippen LogP contribution in [0.5, 0.6) is 0 Å². The Morgan fingerprint density at radius 1 is 0.724 bits per heavy atom. The standard InChI is InChI=1S/C22H43N3O4/c1-17(11-5-8-14-23)20(26)24-15-9-6-12-18(2)21(27)25-16-10-7-13-19(3)22(28)29-4/h17-19H,5-16,23H2,1-4H3,(H,24,26)(H,25,27)/t17-,18-,19-/m0/s1. The first kappa shape index (κ1) is 27.4. The van der Waals surface area contributed by atoms with E-state index in [9.17, 15) is 14.4 Å². The summed E-state index contributed by atoms with van der Waals surface area (Å²) in [4.78, 5) is 35.4. The highest BCUT2D eigenvalue weighted by Gasteiger charge is 2.14. The number of rotatable bonds is 17. The summed E-state index contributed by atoms with van der Waals surface area (Å²) in [6, 6.07) is 0. The molecule has 0 radical (unpaired) electrons. The Balaban J connectivity index is 3.71. The average Bonchev–Trinajstić information content (AvgIpc) is 2.71. The van der Waals surface area contributed by atoms with Gasteiger partial charge in [0.15, 0.2) is 0 Å². The van der Waals surface area contributed by atoms with Gasteiger partial charge in [0.25, 0.3) is 0 Å². The Hall–Kier alpha value is -1.63. The van der Waals surface area contributed by atoms with E-state index in [2.05, 4.69) is 10.6 Å². The van der Waals surface area contributed by atoms with Crippen LogP contribution in [0.15, 0.2) is 0 Å². The van der Waals surface area contributed by atoms with Gasteiger partial charge < -0.3 is 21.1 Å². The van der Waals surface area contributed by atoms with Gasteiger partial charge in [0.1, 0.15) is 0 Å². The van der Waals surface area contributed by atoms with Crippen LogP contribution < -0.4 is 16.4 Å². The summed E-state index contributed by atoms with van der Waals surface area (Å²) in [6.45, 7) is 7.72. The molecule has 7 heteroatoms. The predicted molar refractivity (Wildman–Crippen MR) is 116 cm³/mol. The molecule has 0 fully saturated rings. The van der Waals surface area contributed by atoms with Gasteiger partial charge in [-0.3, -0.25) is 14.4 Å². The summed E-state index contributed by atoms with van der Waals surface area (Å²) in [6.07, 6.45) is 7.94. The largest absolute Gasteiger partial charge is 0.469 e. The first-order valence-corrected chi connectivity index (χ1v) is 11.2. The van der Waals surface area contributed by atoms with Crippen molar-refractivity contribution in [3.63, 3.8) is 0 Å². The Bertz CT molecular complexity index is 471. The summed E-state index contributed by atoms with van der Waals surface area (Å²) >= 11 is 0. The zero-order valence-electron chi connectivity index (χ0n) is 18.9. The lowest BCUT2D eigenvalue weighted by Crippen LogP contribution is -2.31. The molecule has 0 aromatic carbocycles. The Morgan fingerprint density at radius 2 is 1.14 bits per heavy atom. The van der Waals surface area contributed by atoms with E-state index in [0.717, 1.165) is 57.8 Å². The molecule has 3 atom stereocenters. The lowest BCUT2D eigenvalue weighted by Gasteiger charge is -2.14. The second-order valence-corrected chi connectivity index (χ2v) is 8.08. The van der Waals surface area contributed by atoms with Gasteiger partial charge in [0.2, 0.25) is 11.8 Å². The maximum absolute atomic E-state index is 12.1. The normalized spacial score (nSPS) is 14.0. The minimum absolute atomic E-state index is 0.0295.